The molecule has 0 amide bonds. The van der Waals surface area contributed by atoms with Crippen molar-refractivity contribution in [2.75, 3.05) is 23.7 Å². The van der Waals surface area contributed by atoms with Gasteiger partial charge in [-0.15, -0.1) is 0 Å². The van der Waals surface area contributed by atoms with Crippen molar-refractivity contribution in [3.8, 4) is 11.1 Å². The molecule has 0 radical (unpaired) electrons. The van der Waals surface area contributed by atoms with Gasteiger partial charge >= 0.3 is 0 Å². The zero-order valence-electron chi connectivity index (χ0n) is 11.1. The van der Waals surface area contributed by atoms with E-state index < -0.39 is 0 Å². The maximum atomic E-state index is 13.7. The number of nitrogens with zero attached hydrogens (tertiary/aromatic N) is 3. The third-order valence-electron chi connectivity index (χ3n) is 3.02. The van der Waals surface area contributed by atoms with Gasteiger partial charge in [0.2, 0.25) is 5.95 Å². The van der Waals surface area contributed by atoms with Crippen LogP contribution >= 0.6 is 0 Å². The number of benzene rings is 1. The van der Waals surface area contributed by atoms with Crippen molar-refractivity contribution in [3.63, 3.8) is 0 Å². The average Bonchev–Trinajstić information content (AvgIpc) is 2.41. The van der Waals surface area contributed by atoms with Crippen LogP contribution in [-0.4, -0.2) is 23.1 Å². The summed E-state index contributed by atoms with van der Waals surface area (Å²) in [5.74, 6) is 0.540. The van der Waals surface area contributed by atoms with Gasteiger partial charge in [-0.05, 0) is 19.9 Å². The number of hydrogen-bond donors (Lipinski definition) is 1. The van der Waals surface area contributed by atoms with Crippen molar-refractivity contribution in [1.82, 2.24) is 9.97 Å². The summed E-state index contributed by atoms with van der Waals surface area (Å²) in [5, 5.41) is 0. The third kappa shape index (κ3) is 2.65. The number of hydrogen-bond acceptors (Lipinski definition) is 4. The second-order valence-electron chi connectivity index (χ2n) is 4.12. The first-order valence-electron chi connectivity index (χ1n) is 6.29. The lowest BCUT2D eigenvalue weighted by Crippen LogP contribution is -2.24. The van der Waals surface area contributed by atoms with E-state index in [4.69, 9.17) is 5.73 Å². The standard InChI is InChI=1S/C14H17FN4/c1-3-19(4-2)14-17-9-11(13(16)18-14)10-7-5-6-8-12(10)15/h5-9H,3-4H2,1-2H3,(H2,16,17,18). The summed E-state index contributed by atoms with van der Waals surface area (Å²) in [7, 11) is 0. The van der Waals surface area contributed by atoms with Crippen molar-refractivity contribution in [2.45, 2.75) is 13.8 Å². The number of aromatic nitrogens is 2. The number of nitrogens with two attached hydrogens (primary N) is 1. The lowest BCUT2D eigenvalue weighted by Gasteiger charge is -2.19. The molecule has 1 aromatic carbocycles. The molecule has 2 N–H and O–H groups in total. The Kier molecular flexibility index (Phi) is 3.94. The number of halogens is 1. The van der Waals surface area contributed by atoms with Crippen LogP contribution in [0.2, 0.25) is 0 Å². The highest BCUT2D eigenvalue weighted by Gasteiger charge is 2.12. The molecule has 0 aliphatic rings. The van der Waals surface area contributed by atoms with Crippen LogP contribution in [0.15, 0.2) is 30.5 Å². The molecule has 0 aliphatic heterocycles. The predicted molar refractivity (Wildman–Crippen MR) is 75.4 cm³/mol. The summed E-state index contributed by atoms with van der Waals surface area (Å²) >= 11 is 0. The molecule has 0 saturated heterocycles. The first kappa shape index (κ1) is 13.3. The fraction of sp³-hybridized carbons (Fsp3) is 0.286. The van der Waals surface area contributed by atoms with Crippen LogP contribution in [-0.2, 0) is 0 Å². The molecule has 2 rings (SSSR count). The highest BCUT2D eigenvalue weighted by molar-refractivity contribution is 5.74. The van der Waals surface area contributed by atoms with Gasteiger partial charge in [0.15, 0.2) is 0 Å². The molecule has 0 saturated carbocycles. The van der Waals surface area contributed by atoms with Gasteiger partial charge < -0.3 is 10.6 Å². The summed E-state index contributed by atoms with van der Waals surface area (Å²) < 4.78 is 13.7. The van der Waals surface area contributed by atoms with Gasteiger partial charge in [0.1, 0.15) is 11.6 Å². The fourth-order valence-corrected chi connectivity index (χ4v) is 1.93. The normalized spacial score (nSPS) is 10.5. The van der Waals surface area contributed by atoms with Crippen LogP contribution in [0.4, 0.5) is 16.2 Å². The molecule has 0 aliphatic carbocycles. The van der Waals surface area contributed by atoms with Crippen LogP contribution in [0.3, 0.4) is 0 Å². The van der Waals surface area contributed by atoms with Crippen LogP contribution in [0.5, 0.6) is 0 Å². The van der Waals surface area contributed by atoms with E-state index in [-0.39, 0.29) is 5.82 Å². The van der Waals surface area contributed by atoms with Gasteiger partial charge in [-0.2, -0.15) is 4.98 Å². The lowest BCUT2D eigenvalue weighted by atomic mass is 10.1. The van der Waals surface area contributed by atoms with Gasteiger partial charge in [-0.1, -0.05) is 18.2 Å². The van der Waals surface area contributed by atoms with Crippen molar-refractivity contribution < 1.29 is 4.39 Å². The molecule has 0 spiro atoms. The van der Waals surface area contributed by atoms with Crippen LogP contribution in [0.25, 0.3) is 11.1 Å². The molecule has 0 fully saturated rings. The van der Waals surface area contributed by atoms with Crippen molar-refractivity contribution in [2.24, 2.45) is 0 Å². The Morgan fingerprint density at radius 2 is 1.84 bits per heavy atom. The van der Waals surface area contributed by atoms with E-state index >= 15 is 0 Å². The summed E-state index contributed by atoms with van der Waals surface area (Å²) in [6.45, 7) is 5.64. The molecule has 0 atom stereocenters. The minimum atomic E-state index is -0.326. The molecule has 4 nitrogen and oxygen atoms in total. The molecule has 1 heterocycles. The molecule has 0 bridgehead atoms. The lowest BCUT2D eigenvalue weighted by molar-refractivity contribution is 0.631. The van der Waals surface area contributed by atoms with E-state index in [9.17, 15) is 4.39 Å². The Morgan fingerprint density at radius 1 is 1.16 bits per heavy atom. The van der Waals surface area contributed by atoms with Crippen LogP contribution in [0, 0.1) is 5.82 Å². The van der Waals surface area contributed by atoms with Crippen LogP contribution < -0.4 is 10.6 Å². The fourth-order valence-electron chi connectivity index (χ4n) is 1.93. The van der Waals surface area contributed by atoms with Gasteiger partial charge in [0.25, 0.3) is 0 Å². The maximum absolute atomic E-state index is 13.7. The smallest absolute Gasteiger partial charge is 0.227 e. The van der Waals surface area contributed by atoms with E-state index in [0.717, 1.165) is 13.1 Å². The molecular weight excluding hydrogens is 243 g/mol. The number of anilines is 2. The Labute approximate surface area is 112 Å². The molecule has 2 aromatic rings. The summed E-state index contributed by atoms with van der Waals surface area (Å²) in [5.41, 5.74) is 6.87. The van der Waals surface area contributed by atoms with E-state index in [0.29, 0.717) is 22.9 Å². The Morgan fingerprint density at radius 3 is 2.42 bits per heavy atom. The topological polar surface area (TPSA) is 55.0 Å². The number of nitrogen functional groups attached to an aromatic ring is 1. The predicted octanol–water partition coefficient (Wildman–Crippen LogP) is 2.71. The minimum Gasteiger partial charge on any atom is -0.383 e. The van der Waals surface area contributed by atoms with Crippen molar-refractivity contribution >= 4 is 11.8 Å². The minimum absolute atomic E-state index is 0.294. The molecule has 1 aromatic heterocycles. The average molecular weight is 260 g/mol. The molecule has 0 unspecified atom stereocenters. The first-order chi connectivity index (χ1) is 9.17. The van der Waals surface area contributed by atoms with Crippen LogP contribution in [0.1, 0.15) is 13.8 Å². The van der Waals surface area contributed by atoms with E-state index in [1.165, 1.54) is 6.07 Å². The number of rotatable bonds is 4. The second kappa shape index (κ2) is 5.65. The van der Waals surface area contributed by atoms with Crippen molar-refractivity contribution in [3.05, 3.63) is 36.3 Å². The Balaban J connectivity index is 2.43. The molecule has 5 heteroatoms. The van der Waals surface area contributed by atoms with Gasteiger partial charge in [0.05, 0.1) is 0 Å². The molecular formula is C14H17FN4. The summed E-state index contributed by atoms with van der Waals surface area (Å²) in [6, 6.07) is 6.46. The third-order valence-corrected chi connectivity index (χ3v) is 3.02. The highest BCUT2D eigenvalue weighted by Crippen LogP contribution is 2.27. The summed E-state index contributed by atoms with van der Waals surface area (Å²) in [4.78, 5) is 10.5. The van der Waals surface area contributed by atoms with Gasteiger partial charge in [-0.3, -0.25) is 0 Å². The zero-order chi connectivity index (χ0) is 13.8. The quantitative estimate of drug-likeness (QED) is 0.918. The zero-order valence-corrected chi connectivity index (χ0v) is 11.1. The summed E-state index contributed by atoms with van der Waals surface area (Å²) in [6.07, 6.45) is 1.58. The van der Waals surface area contributed by atoms with Gasteiger partial charge in [0, 0.05) is 30.4 Å². The maximum Gasteiger partial charge on any atom is 0.227 e. The van der Waals surface area contributed by atoms with Gasteiger partial charge in [-0.25, -0.2) is 9.37 Å². The monoisotopic (exact) mass is 260 g/mol. The van der Waals surface area contributed by atoms with E-state index in [1.807, 2.05) is 18.7 Å². The van der Waals surface area contributed by atoms with E-state index in [1.54, 1.807) is 24.4 Å². The molecule has 100 valence electrons. The van der Waals surface area contributed by atoms with E-state index in [2.05, 4.69) is 9.97 Å². The Bertz CT molecular complexity index is 567. The highest BCUT2D eigenvalue weighted by atomic mass is 19.1. The SMILES string of the molecule is CCN(CC)c1ncc(-c2ccccc2F)c(N)n1. The largest absolute Gasteiger partial charge is 0.383 e. The first-order valence-corrected chi connectivity index (χ1v) is 6.29. The Hall–Kier alpha value is -2.17. The second-order valence-corrected chi connectivity index (χ2v) is 4.12. The van der Waals surface area contributed by atoms with Crippen molar-refractivity contribution in [1.29, 1.82) is 0 Å². The molecule has 19 heavy (non-hydrogen) atoms.